The highest BCUT2D eigenvalue weighted by Crippen LogP contribution is 2.36. The average Bonchev–Trinajstić information content (AvgIpc) is 2.93. The Hall–Kier alpha value is -1.85. The molecule has 0 unspecified atom stereocenters. The largest absolute Gasteiger partial charge is 0.493 e. The number of carboxylic acid groups (broad SMARTS) is 1. The predicted octanol–water partition coefficient (Wildman–Crippen LogP) is 3.44. The molecule has 0 aliphatic carbocycles. The van der Waals surface area contributed by atoms with Crippen LogP contribution in [0.15, 0.2) is 35.7 Å². The van der Waals surface area contributed by atoms with Crippen LogP contribution in [0.3, 0.4) is 0 Å². The molecule has 0 bridgehead atoms. The summed E-state index contributed by atoms with van der Waals surface area (Å²) in [7, 11) is 4.05. The van der Waals surface area contributed by atoms with E-state index in [1.165, 1.54) is 11.3 Å². The first-order chi connectivity index (χ1) is 10.1. The fraction of sp³-hybridized carbons (Fsp3) is 0.312. The monoisotopic (exact) mass is 305 g/mol. The lowest BCUT2D eigenvalue weighted by molar-refractivity contribution is 0.0698. The van der Waals surface area contributed by atoms with Crippen molar-refractivity contribution in [3.63, 3.8) is 0 Å². The summed E-state index contributed by atoms with van der Waals surface area (Å²) in [5, 5.41) is 11.0. The van der Waals surface area contributed by atoms with Gasteiger partial charge >= 0.3 is 5.97 Å². The minimum Gasteiger partial charge on any atom is -0.493 e. The van der Waals surface area contributed by atoms with Crippen LogP contribution in [-0.2, 0) is 0 Å². The maximum absolute atomic E-state index is 11.3. The van der Waals surface area contributed by atoms with E-state index >= 15 is 0 Å². The van der Waals surface area contributed by atoms with Gasteiger partial charge in [-0.3, -0.25) is 0 Å². The molecule has 1 aromatic heterocycles. The predicted molar refractivity (Wildman–Crippen MR) is 85.4 cm³/mol. The SMILES string of the molecule is CN(C)CCCOc1ccccc1-c1sccc1C(=O)O. The minimum absolute atomic E-state index is 0.323. The Morgan fingerprint density at radius 1 is 1.29 bits per heavy atom. The van der Waals surface area contributed by atoms with E-state index in [0.29, 0.717) is 12.2 Å². The third kappa shape index (κ3) is 4.06. The number of ether oxygens (including phenoxy) is 1. The second kappa shape index (κ2) is 7.24. The lowest BCUT2D eigenvalue weighted by Gasteiger charge is -2.13. The maximum Gasteiger partial charge on any atom is 0.337 e. The lowest BCUT2D eigenvalue weighted by atomic mass is 10.1. The number of carboxylic acids is 1. The second-order valence-electron chi connectivity index (χ2n) is 4.97. The number of para-hydroxylation sites is 1. The van der Waals surface area contributed by atoms with Gasteiger partial charge in [0.25, 0.3) is 0 Å². The molecule has 2 aromatic rings. The van der Waals surface area contributed by atoms with Crippen LogP contribution in [0.25, 0.3) is 10.4 Å². The van der Waals surface area contributed by atoms with Crippen LogP contribution in [0.1, 0.15) is 16.8 Å². The van der Waals surface area contributed by atoms with Gasteiger partial charge in [-0.2, -0.15) is 0 Å². The Bertz CT molecular complexity index is 607. The first kappa shape index (κ1) is 15.5. The molecular weight excluding hydrogens is 286 g/mol. The Balaban J connectivity index is 2.17. The highest BCUT2D eigenvalue weighted by atomic mass is 32.1. The highest BCUT2D eigenvalue weighted by Gasteiger charge is 2.16. The first-order valence-electron chi connectivity index (χ1n) is 6.77. The summed E-state index contributed by atoms with van der Waals surface area (Å²) < 4.78 is 5.83. The summed E-state index contributed by atoms with van der Waals surface area (Å²) in [6, 6.07) is 9.22. The molecule has 0 aliphatic rings. The molecular formula is C16H19NO3S. The van der Waals surface area contributed by atoms with Crippen LogP contribution >= 0.6 is 11.3 Å². The van der Waals surface area contributed by atoms with Gasteiger partial charge in [0.15, 0.2) is 0 Å². The van der Waals surface area contributed by atoms with E-state index in [9.17, 15) is 9.90 Å². The third-order valence-electron chi connectivity index (χ3n) is 3.03. The van der Waals surface area contributed by atoms with Gasteiger partial charge in [0.2, 0.25) is 0 Å². The Labute approximate surface area is 128 Å². The van der Waals surface area contributed by atoms with E-state index in [0.717, 1.165) is 29.2 Å². The normalized spacial score (nSPS) is 10.8. The van der Waals surface area contributed by atoms with E-state index in [4.69, 9.17) is 4.74 Å². The fourth-order valence-electron chi connectivity index (χ4n) is 2.03. The van der Waals surface area contributed by atoms with E-state index in [-0.39, 0.29) is 0 Å². The van der Waals surface area contributed by atoms with E-state index < -0.39 is 5.97 Å². The molecule has 0 fully saturated rings. The zero-order chi connectivity index (χ0) is 15.2. The number of aromatic carboxylic acids is 1. The van der Waals surface area contributed by atoms with Crippen molar-refractivity contribution in [2.24, 2.45) is 0 Å². The van der Waals surface area contributed by atoms with Crippen LogP contribution in [-0.4, -0.2) is 43.2 Å². The molecule has 2 rings (SSSR count). The smallest absolute Gasteiger partial charge is 0.337 e. The summed E-state index contributed by atoms with van der Waals surface area (Å²) >= 11 is 1.42. The molecule has 0 spiro atoms. The number of hydrogen-bond acceptors (Lipinski definition) is 4. The molecule has 112 valence electrons. The molecule has 0 amide bonds. The zero-order valence-electron chi connectivity index (χ0n) is 12.2. The van der Waals surface area contributed by atoms with Gasteiger partial charge in [-0.15, -0.1) is 11.3 Å². The summed E-state index contributed by atoms with van der Waals surface area (Å²) in [5.41, 5.74) is 1.17. The molecule has 0 saturated carbocycles. The summed E-state index contributed by atoms with van der Waals surface area (Å²) in [4.78, 5) is 14.1. The lowest BCUT2D eigenvalue weighted by Crippen LogP contribution is -2.15. The van der Waals surface area contributed by atoms with E-state index in [1.54, 1.807) is 11.4 Å². The summed E-state index contributed by atoms with van der Waals surface area (Å²) in [6.07, 6.45) is 0.928. The number of benzene rings is 1. The van der Waals surface area contributed by atoms with Crippen molar-refractivity contribution in [3.8, 4) is 16.2 Å². The van der Waals surface area contributed by atoms with Gasteiger partial charge in [0.05, 0.1) is 17.0 Å². The van der Waals surface area contributed by atoms with Crippen molar-refractivity contribution >= 4 is 17.3 Å². The van der Waals surface area contributed by atoms with Gasteiger partial charge in [0, 0.05) is 12.1 Å². The maximum atomic E-state index is 11.3. The number of rotatable bonds is 7. The van der Waals surface area contributed by atoms with Crippen LogP contribution in [0.2, 0.25) is 0 Å². The summed E-state index contributed by atoms with van der Waals surface area (Å²) in [5.74, 6) is -0.171. The topological polar surface area (TPSA) is 49.8 Å². The number of thiophene rings is 1. The zero-order valence-corrected chi connectivity index (χ0v) is 13.0. The van der Waals surface area contributed by atoms with Crippen molar-refractivity contribution in [1.82, 2.24) is 4.90 Å². The van der Waals surface area contributed by atoms with Crippen molar-refractivity contribution in [2.75, 3.05) is 27.2 Å². The molecule has 4 nitrogen and oxygen atoms in total. The van der Waals surface area contributed by atoms with Gasteiger partial charge in [-0.25, -0.2) is 4.79 Å². The number of carbonyl (C=O) groups is 1. The molecule has 21 heavy (non-hydrogen) atoms. The molecule has 1 heterocycles. The van der Waals surface area contributed by atoms with Gasteiger partial charge in [-0.05, 0) is 44.1 Å². The van der Waals surface area contributed by atoms with Gasteiger partial charge < -0.3 is 14.7 Å². The standard InChI is InChI=1S/C16H19NO3S/c1-17(2)9-5-10-20-14-7-4-3-6-12(14)15-13(16(18)19)8-11-21-15/h3-4,6-8,11H,5,9-10H2,1-2H3,(H,18,19). The van der Waals surface area contributed by atoms with Crippen LogP contribution in [0.4, 0.5) is 0 Å². The third-order valence-corrected chi connectivity index (χ3v) is 3.98. The Morgan fingerprint density at radius 3 is 2.76 bits per heavy atom. The van der Waals surface area contributed by atoms with Gasteiger partial charge in [-0.1, -0.05) is 12.1 Å². The van der Waals surface area contributed by atoms with Crippen LogP contribution < -0.4 is 4.74 Å². The number of nitrogens with zero attached hydrogens (tertiary/aromatic N) is 1. The van der Waals surface area contributed by atoms with Crippen molar-refractivity contribution in [3.05, 3.63) is 41.3 Å². The quantitative estimate of drug-likeness (QED) is 0.796. The molecule has 0 aliphatic heterocycles. The average molecular weight is 305 g/mol. The molecule has 0 radical (unpaired) electrons. The van der Waals surface area contributed by atoms with Crippen molar-refractivity contribution in [1.29, 1.82) is 0 Å². The first-order valence-corrected chi connectivity index (χ1v) is 7.65. The summed E-state index contributed by atoms with van der Waals surface area (Å²) in [6.45, 7) is 1.57. The molecule has 0 saturated heterocycles. The Kier molecular flexibility index (Phi) is 5.36. The Morgan fingerprint density at radius 2 is 2.05 bits per heavy atom. The van der Waals surface area contributed by atoms with Crippen LogP contribution in [0, 0.1) is 0 Å². The second-order valence-corrected chi connectivity index (χ2v) is 5.89. The van der Waals surface area contributed by atoms with E-state index in [2.05, 4.69) is 4.90 Å². The molecule has 5 heteroatoms. The molecule has 1 aromatic carbocycles. The number of hydrogen-bond donors (Lipinski definition) is 1. The van der Waals surface area contributed by atoms with E-state index in [1.807, 2.05) is 38.4 Å². The minimum atomic E-state index is -0.909. The van der Waals surface area contributed by atoms with Crippen molar-refractivity contribution < 1.29 is 14.6 Å². The molecule has 0 atom stereocenters. The van der Waals surface area contributed by atoms with Gasteiger partial charge in [0.1, 0.15) is 5.75 Å². The van der Waals surface area contributed by atoms with Crippen LogP contribution in [0.5, 0.6) is 5.75 Å². The molecule has 1 N–H and O–H groups in total. The van der Waals surface area contributed by atoms with Crippen molar-refractivity contribution in [2.45, 2.75) is 6.42 Å². The fourth-order valence-corrected chi connectivity index (χ4v) is 2.95. The highest BCUT2D eigenvalue weighted by molar-refractivity contribution is 7.14.